The van der Waals surface area contributed by atoms with E-state index in [1.807, 2.05) is 109 Å². The van der Waals surface area contributed by atoms with Crippen LogP contribution < -0.4 is 9.47 Å². The van der Waals surface area contributed by atoms with Crippen molar-refractivity contribution < 1.29 is 19.1 Å². The predicted molar refractivity (Wildman–Crippen MR) is 141 cm³/mol. The molecule has 4 heteroatoms. The Bertz CT molecular complexity index is 1420. The highest BCUT2D eigenvalue weighted by Gasteiger charge is 2.41. The average molecular weight is 475 g/mol. The van der Waals surface area contributed by atoms with Gasteiger partial charge in [0.1, 0.15) is 0 Å². The van der Waals surface area contributed by atoms with Crippen molar-refractivity contribution in [2.75, 3.05) is 14.2 Å². The number of rotatable bonds is 7. The van der Waals surface area contributed by atoms with Gasteiger partial charge in [0.05, 0.1) is 20.1 Å². The molecule has 0 saturated carbocycles. The van der Waals surface area contributed by atoms with Gasteiger partial charge < -0.3 is 9.47 Å². The SMILES string of the molecule is COc1cc2c(cc1OC)[C@@H](C(=O)c1ccccc1)[C@H](c1ccccc1)C(C(=O)c1ccccc1)=C2. The van der Waals surface area contributed by atoms with Gasteiger partial charge in [0, 0.05) is 22.6 Å². The van der Waals surface area contributed by atoms with E-state index in [1.165, 1.54) is 0 Å². The van der Waals surface area contributed by atoms with Gasteiger partial charge in [-0.2, -0.15) is 0 Å². The van der Waals surface area contributed by atoms with Crippen LogP contribution in [0.1, 0.15) is 49.2 Å². The lowest BCUT2D eigenvalue weighted by Crippen LogP contribution is -2.28. The summed E-state index contributed by atoms with van der Waals surface area (Å²) in [6.45, 7) is 0. The topological polar surface area (TPSA) is 52.6 Å². The highest BCUT2D eigenvalue weighted by molar-refractivity contribution is 6.15. The summed E-state index contributed by atoms with van der Waals surface area (Å²) in [6.07, 6.45) is 1.90. The smallest absolute Gasteiger partial charge is 0.189 e. The molecule has 4 nitrogen and oxygen atoms in total. The molecule has 2 atom stereocenters. The van der Waals surface area contributed by atoms with Crippen molar-refractivity contribution in [2.24, 2.45) is 0 Å². The molecule has 1 aliphatic rings. The van der Waals surface area contributed by atoms with Crippen LogP contribution in [0.3, 0.4) is 0 Å². The Morgan fingerprint density at radius 3 is 1.78 bits per heavy atom. The second-order valence-electron chi connectivity index (χ2n) is 8.73. The molecule has 5 rings (SSSR count). The normalized spacial score (nSPS) is 16.4. The molecule has 4 aromatic rings. The lowest BCUT2D eigenvalue weighted by atomic mass is 9.67. The summed E-state index contributed by atoms with van der Waals surface area (Å²) < 4.78 is 11.1. The van der Waals surface area contributed by atoms with Crippen molar-refractivity contribution >= 4 is 17.6 Å². The van der Waals surface area contributed by atoms with Crippen molar-refractivity contribution in [3.05, 3.63) is 137 Å². The summed E-state index contributed by atoms with van der Waals surface area (Å²) in [5.74, 6) is -0.169. The second-order valence-corrected chi connectivity index (χ2v) is 8.73. The average Bonchev–Trinajstić information content (AvgIpc) is 2.96. The van der Waals surface area contributed by atoms with E-state index in [9.17, 15) is 9.59 Å². The van der Waals surface area contributed by atoms with Gasteiger partial charge in [-0.05, 0) is 34.9 Å². The Hall–Kier alpha value is -4.44. The third-order valence-corrected chi connectivity index (χ3v) is 6.70. The number of carbonyl (C=O) groups is 2. The first-order valence-electron chi connectivity index (χ1n) is 11.8. The second kappa shape index (κ2) is 10.0. The number of fused-ring (bicyclic) bond motifs is 1. The van der Waals surface area contributed by atoms with Crippen LogP contribution >= 0.6 is 0 Å². The maximum atomic E-state index is 14.2. The fourth-order valence-electron chi connectivity index (χ4n) is 4.99. The molecule has 36 heavy (non-hydrogen) atoms. The number of hydrogen-bond donors (Lipinski definition) is 0. The minimum Gasteiger partial charge on any atom is -0.493 e. The standard InChI is InChI=1S/C32H26O4/c1-35-27-19-24-18-26(31(33)22-14-8-4-9-15-22)29(21-12-6-3-7-13-21)30(25(24)20-28(27)36-2)32(34)23-16-10-5-11-17-23/h3-20,29-30H,1-2H3/t29-,30-/m1/s1. The molecule has 0 aromatic heterocycles. The molecule has 178 valence electrons. The van der Waals surface area contributed by atoms with Gasteiger partial charge in [-0.15, -0.1) is 0 Å². The number of carbonyl (C=O) groups excluding carboxylic acids is 2. The lowest BCUT2D eigenvalue weighted by molar-refractivity contribution is 0.0944. The molecular formula is C32H26O4. The van der Waals surface area contributed by atoms with Crippen LogP contribution in [0.2, 0.25) is 0 Å². The molecule has 0 bridgehead atoms. The first-order chi connectivity index (χ1) is 17.6. The number of Topliss-reactive ketones (excluding diaryl/α,β-unsaturated/α-hetero) is 2. The van der Waals surface area contributed by atoms with E-state index in [-0.39, 0.29) is 11.6 Å². The van der Waals surface area contributed by atoms with E-state index in [0.717, 1.165) is 16.7 Å². The first-order valence-corrected chi connectivity index (χ1v) is 11.8. The molecule has 0 unspecified atom stereocenters. The lowest BCUT2D eigenvalue weighted by Gasteiger charge is -2.34. The van der Waals surface area contributed by atoms with E-state index in [4.69, 9.17) is 9.47 Å². The number of allylic oxidation sites excluding steroid dienone is 1. The van der Waals surface area contributed by atoms with Crippen LogP contribution in [-0.4, -0.2) is 25.8 Å². The molecule has 0 fully saturated rings. The minimum absolute atomic E-state index is 0.0515. The van der Waals surface area contributed by atoms with Crippen LogP contribution in [0.15, 0.2) is 109 Å². The zero-order valence-corrected chi connectivity index (χ0v) is 20.2. The third kappa shape index (κ3) is 4.22. The fourth-order valence-corrected chi connectivity index (χ4v) is 4.99. The zero-order chi connectivity index (χ0) is 25.1. The van der Waals surface area contributed by atoms with E-state index < -0.39 is 11.8 Å². The summed E-state index contributed by atoms with van der Waals surface area (Å²) >= 11 is 0. The van der Waals surface area contributed by atoms with E-state index in [1.54, 1.807) is 14.2 Å². The van der Waals surface area contributed by atoms with Gasteiger partial charge in [0.2, 0.25) is 0 Å². The van der Waals surface area contributed by atoms with Gasteiger partial charge in [0.15, 0.2) is 23.1 Å². The molecule has 0 aliphatic heterocycles. The maximum absolute atomic E-state index is 14.2. The van der Waals surface area contributed by atoms with Crippen LogP contribution in [0.25, 0.3) is 6.08 Å². The molecule has 0 spiro atoms. The molecule has 1 aliphatic carbocycles. The molecule has 0 saturated heterocycles. The summed E-state index contributed by atoms with van der Waals surface area (Å²) in [4.78, 5) is 28.1. The van der Waals surface area contributed by atoms with Crippen LogP contribution in [0, 0.1) is 0 Å². The molecule has 0 radical (unpaired) electrons. The molecular weight excluding hydrogens is 448 g/mol. The van der Waals surface area contributed by atoms with Crippen molar-refractivity contribution in [3.63, 3.8) is 0 Å². The van der Waals surface area contributed by atoms with E-state index >= 15 is 0 Å². The van der Waals surface area contributed by atoms with Gasteiger partial charge in [-0.25, -0.2) is 0 Å². The van der Waals surface area contributed by atoms with Gasteiger partial charge >= 0.3 is 0 Å². The largest absolute Gasteiger partial charge is 0.493 e. The Morgan fingerprint density at radius 1 is 0.667 bits per heavy atom. The predicted octanol–water partition coefficient (Wildman–Crippen LogP) is 6.73. The molecule has 4 aromatic carbocycles. The highest BCUT2D eigenvalue weighted by atomic mass is 16.5. The van der Waals surface area contributed by atoms with Crippen molar-refractivity contribution in [3.8, 4) is 11.5 Å². The summed E-state index contributed by atoms with van der Waals surface area (Å²) in [7, 11) is 3.15. The Morgan fingerprint density at radius 2 is 1.19 bits per heavy atom. The Kier molecular flexibility index (Phi) is 6.50. The number of hydrogen-bond acceptors (Lipinski definition) is 4. The quantitative estimate of drug-likeness (QED) is 0.279. The monoisotopic (exact) mass is 474 g/mol. The fraction of sp³-hybridized carbons (Fsp3) is 0.125. The zero-order valence-electron chi connectivity index (χ0n) is 20.2. The van der Waals surface area contributed by atoms with E-state index in [2.05, 4.69) is 0 Å². The van der Waals surface area contributed by atoms with Crippen LogP contribution in [0.5, 0.6) is 11.5 Å². The van der Waals surface area contributed by atoms with Gasteiger partial charge in [-0.1, -0.05) is 91.0 Å². The Balaban J connectivity index is 1.79. The first kappa shape index (κ1) is 23.3. The maximum Gasteiger partial charge on any atom is 0.189 e. The molecule has 0 N–H and O–H groups in total. The number of ether oxygens (including phenoxy) is 2. The summed E-state index contributed by atoms with van der Waals surface area (Å²) in [5.41, 5.74) is 4.23. The summed E-state index contributed by atoms with van der Waals surface area (Å²) in [6, 6.07) is 31.9. The van der Waals surface area contributed by atoms with Gasteiger partial charge in [-0.3, -0.25) is 9.59 Å². The molecule has 0 heterocycles. The molecule has 0 amide bonds. The minimum atomic E-state index is -0.628. The number of benzene rings is 4. The number of methoxy groups -OCH3 is 2. The number of ketones is 2. The summed E-state index contributed by atoms with van der Waals surface area (Å²) in [5, 5.41) is 0. The highest BCUT2D eigenvalue weighted by Crippen LogP contribution is 2.49. The Labute approximate surface area is 210 Å². The van der Waals surface area contributed by atoms with E-state index in [0.29, 0.717) is 28.2 Å². The van der Waals surface area contributed by atoms with Crippen LogP contribution in [-0.2, 0) is 0 Å². The third-order valence-electron chi connectivity index (χ3n) is 6.70. The van der Waals surface area contributed by atoms with Crippen LogP contribution in [0.4, 0.5) is 0 Å². The van der Waals surface area contributed by atoms with Gasteiger partial charge in [0.25, 0.3) is 0 Å². The van der Waals surface area contributed by atoms with Crippen molar-refractivity contribution in [1.29, 1.82) is 0 Å². The van der Waals surface area contributed by atoms with Crippen molar-refractivity contribution in [1.82, 2.24) is 0 Å². The van der Waals surface area contributed by atoms with Crippen molar-refractivity contribution in [2.45, 2.75) is 11.8 Å².